The molecule has 2 aliphatic heterocycles. The van der Waals surface area contributed by atoms with Crippen molar-refractivity contribution >= 4 is 33.0 Å². The number of carbonyl (C=O) groups excluding carboxylic acids is 1. The van der Waals surface area contributed by atoms with Crippen LogP contribution in [-0.2, 0) is 14.8 Å². The Kier molecular flexibility index (Phi) is 5.12. The number of anilines is 3. The van der Waals surface area contributed by atoms with E-state index in [1.54, 1.807) is 25.1 Å². The van der Waals surface area contributed by atoms with Crippen molar-refractivity contribution in [3.63, 3.8) is 0 Å². The summed E-state index contributed by atoms with van der Waals surface area (Å²) in [4.78, 5) is 14.2. The third-order valence-corrected chi connectivity index (χ3v) is 6.84. The summed E-state index contributed by atoms with van der Waals surface area (Å²) in [5, 5.41) is 2.67. The van der Waals surface area contributed by atoms with Crippen LogP contribution in [0, 0.1) is 5.92 Å². The molecule has 2 N–H and O–H groups in total. The number of hydrogen-bond acceptors (Lipinski definition) is 5. The van der Waals surface area contributed by atoms with Gasteiger partial charge in [-0.15, -0.1) is 0 Å². The second-order valence-corrected chi connectivity index (χ2v) is 9.41. The molecule has 7 nitrogen and oxygen atoms in total. The van der Waals surface area contributed by atoms with Gasteiger partial charge in [-0.3, -0.25) is 9.52 Å². The molecule has 154 valence electrons. The quantitative estimate of drug-likeness (QED) is 0.799. The van der Waals surface area contributed by atoms with E-state index in [0.29, 0.717) is 17.1 Å². The molecule has 2 heterocycles. The highest BCUT2D eigenvalue weighted by atomic mass is 32.2. The van der Waals surface area contributed by atoms with Crippen molar-refractivity contribution in [1.82, 2.24) is 0 Å². The van der Waals surface area contributed by atoms with Gasteiger partial charge in [0.1, 0.15) is 5.75 Å². The first-order chi connectivity index (χ1) is 13.8. The molecular formula is C21H25N3O4S. The van der Waals surface area contributed by atoms with Crippen molar-refractivity contribution in [3.05, 3.63) is 42.5 Å². The lowest BCUT2D eigenvalue weighted by molar-refractivity contribution is -0.122. The van der Waals surface area contributed by atoms with Gasteiger partial charge in [0.15, 0.2) is 6.10 Å². The van der Waals surface area contributed by atoms with Gasteiger partial charge in [0.25, 0.3) is 15.9 Å². The molecule has 1 amide bonds. The Balaban J connectivity index is 1.49. The summed E-state index contributed by atoms with van der Waals surface area (Å²) in [6, 6.07) is 11.9. The number of sulfonamides is 1. The third kappa shape index (κ3) is 4.17. The Bertz CT molecular complexity index is 1010. The van der Waals surface area contributed by atoms with Crippen LogP contribution < -0.4 is 19.7 Å². The fraction of sp³-hybridized carbons (Fsp3) is 0.381. The number of piperidine rings is 1. The Morgan fingerprint density at radius 2 is 1.76 bits per heavy atom. The fourth-order valence-electron chi connectivity index (χ4n) is 3.58. The molecule has 1 unspecified atom stereocenters. The summed E-state index contributed by atoms with van der Waals surface area (Å²) >= 11 is 0. The number of carbonyl (C=O) groups is 1. The summed E-state index contributed by atoms with van der Waals surface area (Å²) in [5.74, 6) is 0.909. The van der Waals surface area contributed by atoms with Gasteiger partial charge < -0.3 is 15.0 Å². The smallest absolute Gasteiger partial charge is 0.265 e. The maximum atomic E-state index is 12.8. The highest BCUT2D eigenvalue weighted by molar-refractivity contribution is 7.92. The molecular weight excluding hydrogens is 390 g/mol. The molecule has 1 saturated heterocycles. The molecule has 29 heavy (non-hydrogen) atoms. The second-order valence-electron chi connectivity index (χ2n) is 7.73. The summed E-state index contributed by atoms with van der Waals surface area (Å²) in [6.45, 7) is 5.95. The van der Waals surface area contributed by atoms with Crippen molar-refractivity contribution in [2.45, 2.75) is 37.7 Å². The molecule has 1 fully saturated rings. The van der Waals surface area contributed by atoms with E-state index < -0.39 is 16.1 Å². The zero-order chi connectivity index (χ0) is 20.6. The lowest BCUT2D eigenvalue weighted by Crippen LogP contribution is -2.34. The van der Waals surface area contributed by atoms with Gasteiger partial charge in [0.05, 0.1) is 10.6 Å². The first-order valence-corrected chi connectivity index (χ1v) is 11.3. The van der Waals surface area contributed by atoms with Crippen molar-refractivity contribution in [2.75, 3.05) is 28.0 Å². The SMILES string of the molecule is CC1CCN(c2ccc(NS(=O)(=O)c3ccc4c(c3)NC(=O)C(C)O4)cc2)CC1. The number of amides is 1. The molecule has 8 heteroatoms. The topological polar surface area (TPSA) is 87.7 Å². The summed E-state index contributed by atoms with van der Waals surface area (Å²) < 4.78 is 33.6. The monoisotopic (exact) mass is 415 g/mol. The Labute approximate surface area is 171 Å². The highest BCUT2D eigenvalue weighted by Crippen LogP contribution is 2.32. The molecule has 2 aromatic carbocycles. The van der Waals surface area contributed by atoms with Gasteiger partial charge in [-0.05, 0) is 68.1 Å². The first kappa shape index (κ1) is 19.6. The van der Waals surface area contributed by atoms with E-state index in [2.05, 4.69) is 21.9 Å². The van der Waals surface area contributed by atoms with Gasteiger partial charge in [-0.1, -0.05) is 6.92 Å². The van der Waals surface area contributed by atoms with Crippen LogP contribution in [0.15, 0.2) is 47.4 Å². The minimum atomic E-state index is -3.79. The number of fused-ring (bicyclic) bond motifs is 1. The fourth-order valence-corrected chi connectivity index (χ4v) is 4.66. The largest absolute Gasteiger partial charge is 0.479 e. The van der Waals surface area contributed by atoms with E-state index in [0.717, 1.165) is 24.7 Å². The molecule has 2 aromatic rings. The number of hydrogen-bond donors (Lipinski definition) is 2. The van der Waals surface area contributed by atoms with Gasteiger partial charge in [-0.2, -0.15) is 0 Å². The third-order valence-electron chi connectivity index (χ3n) is 5.46. The van der Waals surface area contributed by atoms with Crippen molar-refractivity contribution in [1.29, 1.82) is 0 Å². The van der Waals surface area contributed by atoms with Crippen molar-refractivity contribution in [2.24, 2.45) is 5.92 Å². The van der Waals surface area contributed by atoms with E-state index >= 15 is 0 Å². The second kappa shape index (κ2) is 7.59. The molecule has 0 aromatic heterocycles. The summed E-state index contributed by atoms with van der Waals surface area (Å²) in [7, 11) is -3.79. The molecule has 2 aliphatic rings. The maximum Gasteiger partial charge on any atom is 0.265 e. The normalized spacial score (nSPS) is 19.9. The van der Waals surface area contributed by atoms with Crippen molar-refractivity contribution < 1.29 is 17.9 Å². The highest BCUT2D eigenvalue weighted by Gasteiger charge is 2.25. The lowest BCUT2D eigenvalue weighted by atomic mass is 9.99. The molecule has 0 saturated carbocycles. The van der Waals surface area contributed by atoms with Gasteiger partial charge in [0.2, 0.25) is 0 Å². The van der Waals surface area contributed by atoms with E-state index in [-0.39, 0.29) is 10.8 Å². The van der Waals surface area contributed by atoms with Gasteiger partial charge in [-0.25, -0.2) is 8.42 Å². The molecule has 4 rings (SSSR count). The Hall–Kier alpha value is -2.74. The van der Waals surface area contributed by atoms with Crippen molar-refractivity contribution in [3.8, 4) is 5.75 Å². The number of rotatable bonds is 4. The summed E-state index contributed by atoms with van der Waals surface area (Å²) in [6.07, 6.45) is 1.74. The summed E-state index contributed by atoms with van der Waals surface area (Å²) in [5.41, 5.74) is 1.94. The average molecular weight is 416 g/mol. The van der Waals surface area contributed by atoms with E-state index in [4.69, 9.17) is 4.74 Å². The van der Waals surface area contributed by atoms with Crippen LogP contribution in [0.25, 0.3) is 0 Å². The van der Waals surface area contributed by atoms with Gasteiger partial charge in [0, 0.05) is 24.5 Å². The van der Waals surface area contributed by atoms with Gasteiger partial charge >= 0.3 is 0 Å². The minimum absolute atomic E-state index is 0.0591. The standard InChI is InChI=1S/C21H25N3O4S/c1-14-9-11-24(12-10-14)17-5-3-16(4-6-17)23-29(26,27)18-7-8-20-19(13-18)22-21(25)15(2)28-20/h3-8,13-15,23H,9-12H2,1-2H3,(H,22,25). The first-order valence-electron chi connectivity index (χ1n) is 9.81. The molecule has 0 radical (unpaired) electrons. The van der Waals surface area contributed by atoms with Crippen LogP contribution in [0.4, 0.5) is 17.1 Å². The number of benzene rings is 2. The van der Waals surface area contributed by atoms with Crippen LogP contribution in [0.2, 0.25) is 0 Å². The number of ether oxygens (including phenoxy) is 1. The maximum absolute atomic E-state index is 12.8. The van der Waals surface area contributed by atoms with E-state index in [1.807, 2.05) is 12.1 Å². The predicted octanol–water partition coefficient (Wildman–Crippen LogP) is 3.44. The number of nitrogens with one attached hydrogen (secondary N) is 2. The molecule has 0 spiro atoms. The molecule has 1 atom stereocenters. The number of nitrogens with zero attached hydrogens (tertiary/aromatic N) is 1. The average Bonchev–Trinajstić information content (AvgIpc) is 2.69. The predicted molar refractivity (Wildman–Crippen MR) is 113 cm³/mol. The van der Waals surface area contributed by atoms with E-state index in [1.165, 1.54) is 25.0 Å². The van der Waals surface area contributed by atoms with Crippen LogP contribution in [0.3, 0.4) is 0 Å². The van der Waals surface area contributed by atoms with E-state index in [9.17, 15) is 13.2 Å². The minimum Gasteiger partial charge on any atom is -0.479 e. The Morgan fingerprint density at radius 1 is 1.07 bits per heavy atom. The Morgan fingerprint density at radius 3 is 2.45 bits per heavy atom. The molecule has 0 bridgehead atoms. The zero-order valence-corrected chi connectivity index (χ0v) is 17.3. The van der Waals surface area contributed by atoms with Crippen LogP contribution in [-0.4, -0.2) is 33.5 Å². The van der Waals surface area contributed by atoms with Crippen LogP contribution in [0.1, 0.15) is 26.7 Å². The zero-order valence-electron chi connectivity index (χ0n) is 16.5. The van der Waals surface area contributed by atoms with Crippen LogP contribution >= 0.6 is 0 Å². The molecule has 0 aliphatic carbocycles. The van der Waals surface area contributed by atoms with Crippen LogP contribution in [0.5, 0.6) is 5.75 Å². The lowest BCUT2D eigenvalue weighted by Gasteiger charge is -2.32.